The Hall–Kier alpha value is -0.820. The first-order valence-corrected chi connectivity index (χ1v) is 6.57. The lowest BCUT2D eigenvalue weighted by molar-refractivity contribution is -0.192. The molecule has 2 bridgehead atoms. The minimum atomic E-state index is -5.08. The number of halogens is 3. The molecule has 0 spiro atoms. The number of nitrogens with zero attached hydrogens (tertiary/aromatic N) is 1. The van der Waals surface area contributed by atoms with Crippen LogP contribution in [0.5, 0.6) is 0 Å². The van der Waals surface area contributed by atoms with Crippen LogP contribution in [0, 0.1) is 5.41 Å². The minimum Gasteiger partial charge on any atom is -0.475 e. The Labute approximate surface area is 110 Å². The van der Waals surface area contributed by atoms with Gasteiger partial charge in [0.05, 0.1) is 0 Å². The summed E-state index contributed by atoms with van der Waals surface area (Å²) in [5, 5.41) is 10.7. The summed E-state index contributed by atoms with van der Waals surface area (Å²) in [6.07, 6.45) is 0.715. The van der Waals surface area contributed by atoms with Crippen LogP contribution in [0.25, 0.3) is 0 Å². The fourth-order valence-electron chi connectivity index (χ4n) is 3.24. The van der Waals surface area contributed by atoms with Gasteiger partial charge in [-0.15, -0.1) is 0 Å². The largest absolute Gasteiger partial charge is 0.490 e. The maximum Gasteiger partial charge on any atom is 0.490 e. The lowest BCUT2D eigenvalue weighted by Gasteiger charge is -2.39. The number of likely N-dealkylation sites (tertiary alicyclic amines) is 1. The van der Waals surface area contributed by atoms with Crippen molar-refractivity contribution in [2.75, 3.05) is 26.2 Å². The number of fused-ring (bicyclic) bond motifs is 1. The second-order valence-electron chi connectivity index (χ2n) is 5.77. The predicted octanol–water partition coefficient (Wildman–Crippen LogP) is 1.47. The first-order valence-electron chi connectivity index (χ1n) is 6.57. The third-order valence-electron chi connectivity index (χ3n) is 4.12. The van der Waals surface area contributed by atoms with Crippen LogP contribution in [0.4, 0.5) is 13.2 Å². The van der Waals surface area contributed by atoms with Crippen LogP contribution in [-0.2, 0) is 4.79 Å². The van der Waals surface area contributed by atoms with E-state index in [-0.39, 0.29) is 0 Å². The molecule has 2 N–H and O–H groups in total. The molecule has 3 aliphatic heterocycles. The summed E-state index contributed by atoms with van der Waals surface area (Å²) in [5.41, 5.74) is 0.717. The molecule has 3 heterocycles. The van der Waals surface area contributed by atoms with Gasteiger partial charge in [-0.3, -0.25) is 0 Å². The highest BCUT2D eigenvalue weighted by molar-refractivity contribution is 5.73. The Morgan fingerprint density at radius 1 is 1.32 bits per heavy atom. The van der Waals surface area contributed by atoms with Gasteiger partial charge in [0, 0.05) is 19.1 Å². The maximum atomic E-state index is 10.6. The van der Waals surface area contributed by atoms with Crippen molar-refractivity contribution in [3.8, 4) is 0 Å². The van der Waals surface area contributed by atoms with Crippen LogP contribution >= 0.6 is 0 Å². The fourth-order valence-corrected chi connectivity index (χ4v) is 3.24. The van der Waals surface area contributed by atoms with Crippen molar-refractivity contribution in [2.24, 2.45) is 5.41 Å². The second kappa shape index (κ2) is 5.28. The summed E-state index contributed by atoms with van der Waals surface area (Å²) in [6, 6.07) is 0.896. The first kappa shape index (κ1) is 14.6. The van der Waals surface area contributed by atoms with Crippen LogP contribution in [0.15, 0.2) is 0 Å². The van der Waals surface area contributed by atoms with E-state index in [1.807, 2.05) is 0 Å². The quantitative estimate of drug-likeness (QED) is 0.804. The highest BCUT2D eigenvalue weighted by Crippen LogP contribution is 2.46. The van der Waals surface area contributed by atoms with E-state index in [1.165, 1.54) is 51.9 Å². The van der Waals surface area contributed by atoms with Gasteiger partial charge in [0.15, 0.2) is 0 Å². The van der Waals surface area contributed by atoms with Crippen molar-refractivity contribution < 1.29 is 23.1 Å². The Morgan fingerprint density at radius 3 is 2.21 bits per heavy atom. The number of carbonyl (C=O) groups is 1. The van der Waals surface area contributed by atoms with E-state index in [0.717, 1.165) is 11.5 Å². The molecule has 0 aromatic heterocycles. The SMILES string of the molecule is C1CCN(CC23CNC(C2)C3)C1.O=C(O)C(F)(F)F. The highest BCUT2D eigenvalue weighted by atomic mass is 19.4. The number of alkyl halides is 3. The van der Waals surface area contributed by atoms with E-state index in [4.69, 9.17) is 9.90 Å². The van der Waals surface area contributed by atoms with Crippen LogP contribution in [0.3, 0.4) is 0 Å². The summed E-state index contributed by atoms with van der Waals surface area (Å²) in [6.45, 7) is 5.42. The number of carboxylic acids is 1. The van der Waals surface area contributed by atoms with E-state index in [2.05, 4.69) is 10.2 Å². The summed E-state index contributed by atoms with van der Waals surface area (Å²) in [5.74, 6) is -2.76. The third kappa shape index (κ3) is 3.60. The molecule has 110 valence electrons. The van der Waals surface area contributed by atoms with Crippen molar-refractivity contribution in [3.63, 3.8) is 0 Å². The molecule has 1 saturated carbocycles. The lowest BCUT2D eigenvalue weighted by atomic mass is 9.70. The fraction of sp³-hybridized carbons (Fsp3) is 0.917. The molecule has 7 heteroatoms. The molecule has 0 aromatic rings. The molecule has 3 saturated heterocycles. The van der Waals surface area contributed by atoms with Gasteiger partial charge < -0.3 is 15.3 Å². The average Bonchev–Trinajstić information content (AvgIpc) is 2.93. The average molecular weight is 280 g/mol. The molecular weight excluding hydrogens is 261 g/mol. The van der Waals surface area contributed by atoms with Gasteiger partial charge in [0.2, 0.25) is 0 Å². The van der Waals surface area contributed by atoms with Crippen molar-refractivity contribution in [1.82, 2.24) is 10.2 Å². The molecule has 0 atom stereocenters. The highest BCUT2D eigenvalue weighted by Gasteiger charge is 2.50. The van der Waals surface area contributed by atoms with Gasteiger partial charge in [0.25, 0.3) is 0 Å². The number of carboxylic acid groups (broad SMARTS) is 1. The number of rotatable bonds is 2. The van der Waals surface area contributed by atoms with E-state index >= 15 is 0 Å². The van der Waals surface area contributed by atoms with Crippen molar-refractivity contribution in [3.05, 3.63) is 0 Å². The molecule has 0 aromatic carbocycles. The molecule has 0 amide bonds. The first-order chi connectivity index (χ1) is 8.81. The number of nitrogens with one attached hydrogen (secondary N) is 1. The second-order valence-corrected chi connectivity index (χ2v) is 5.77. The lowest BCUT2D eigenvalue weighted by Crippen LogP contribution is -2.43. The van der Waals surface area contributed by atoms with Gasteiger partial charge in [-0.2, -0.15) is 13.2 Å². The van der Waals surface area contributed by atoms with Crippen LogP contribution in [0.1, 0.15) is 25.7 Å². The standard InChI is InChI=1S/C10H18N2.C2HF3O2/c1-2-4-12(3-1)8-10-5-9(6-10)11-7-10;3-2(4,5)1(6)7/h9,11H,1-8H2;(H,6,7). The van der Waals surface area contributed by atoms with Gasteiger partial charge >= 0.3 is 12.1 Å². The topological polar surface area (TPSA) is 52.6 Å². The van der Waals surface area contributed by atoms with Gasteiger partial charge in [-0.25, -0.2) is 4.79 Å². The summed E-state index contributed by atoms with van der Waals surface area (Å²) < 4.78 is 31.7. The zero-order valence-corrected chi connectivity index (χ0v) is 10.7. The molecular formula is C12H19F3N2O2. The molecule has 1 aliphatic carbocycles. The number of hydrogen-bond donors (Lipinski definition) is 2. The summed E-state index contributed by atoms with van der Waals surface area (Å²) >= 11 is 0. The molecule has 4 rings (SSSR count). The summed E-state index contributed by atoms with van der Waals surface area (Å²) in [4.78, 5) is 11.6. The molecule has 19 heavy (non-hydrogen) atoms. The Bertz CT molecular complexity index is 329. The zero-order valence-electron chi connectivity index (χ0n) is 10.7. The van der Waals surface area contributed by atoms with Crippen molar-refractivity contribution in [2.45, 2.75) is 37.9 Å². The normalized spacial score (nSPS) is 33.5. The maximum absolute atomic E-state index is 10.6. The monoisotopic (exact) mass is 280 g/mol. The Morgan fingerprint density at radius 2 is 1.84 bits per heavy atom. The van der Waals surface area contributed by atoms with E-state index in [9.17, 15) is 13.2 Å². The molecule has 4 nitrogen and oxygen atoms in total. The zero-order chi connectivity index (χ0) is 14.1. The van der Waals surface area contributed by atoms with Crippen molar-refractivity contribution >= 4 is 5.97 Å². The van der Waals surface area contributed by atoms with E-state index in [0.29, 0.717) is 0 Å². The molecule has 4 aliphatic rings. The minimum absolute atomic E-state index is 0.717. The third-order valence-corrected chi connectivity index (χ3v) is 4.12. The Balaban J connectivity index is 0.000000167. The van der Waals surface area contributed by atoms with Crippen LogP contribution in [-0.4, -0.2) is 54.4 Å². The smallest absolute Gasteiger partial charge is 0.475 e. The summed E-state index contributed by atoms with van der Waals surface area (Å²) in [7, 11) is 0. The number of aliphatic carboxylic acids is 1. The van der Waals surface area contributed by atoms with E-state index < -0.39 is 12.1 Å². The Kier molecular flexibility index (Phi) is 4.06. The predicted molar refractivity (Wildman–Crippen MR) is 62.8 cm³/mol. The van der Waals surface area contributed by atoms with Gasteiger partial charge in [0.1, 0.15) is 0 Å². The van der Waals surface area contributed by atoms with E-state index in [1.54, 1.807) is 0 Å². The van der Waals surface area contributed by atoms with Crippen LogP contribution < -0.4 is 5.32 Å². The van der Waals surface area contributed by atoms with Crippen molar-refractivity contribution in [1.29, 1.82) is 0 Å². The number of hydrogen-bond acceptors (Lipinski definition) is 3. The molecule has 0 radical (unpaired) electrons. The van der Waals surface area contributed by atoms with Gasteiger partial charge in [-0.1, -0.05) is 0 Å². The van der Waals surface area contributed by atoms with Gasteiger partial charge in [-0.05, 0) is 44.2 Å². The molecule has 4 fully saturated rings. The van der Waals surface area contributed by atoms with Crippen LogP contribution in [0.2, 0.25) is 0 Å². The molecule has 0 unspecified atom stereocenters.